The SMILES string of the molecule is Cc1cccc(Cl)c1CN1CCc2nc(N)ncc2C1. The number of hydrogen-bond donors (Lipinski definition) is 1. The van der Waals surface area contributed by atoms with Crippen molar-refractivity contribution in [1.29, 1.82) is 0 Å². The summed E-state index contributed by atoms with van der Waals surface area (Å²) in [4.78, 5) is 10.8. The Kier molecular flexibility index (Phi) is 3.59. The third-order valence-corrected chi connectivity index (χ3v) is 4.12. The number of aromatic nitrogens is 2. The van der Waals surface area contributed by atoms with Crippen LogP contribution in [0.1, 0.15) is 22.4 Å². The lowest BCUT2D eigenvalue weighted by atomic mass is 10.0. The van der Waals surface area contributed by atoms with Gasteiger partial charge in [0, 0.05) is 42.8 Å². The van der Waals surface area contributed by atoms with Crippen LogP contribution in [0, 0.1) is 6.92 Å². The summed E-state index contributed by atoms with van der Waals surface area (Å²) in [5.41, 5.74) is 10.3. The van der Waals surface area contributed by atoms with E-state index in [1.54, 1.807) is 0 Å². The Labute approximate surface area is 123 Å². The summed E-state index contributed by atoms with van der Waals surface area (Å²) in [6.07, 6.45) is 2.74. The standard InChI is InChI=1S/C15H17ClN4/c1-10-3-2-4-13(16)12(10)9-20-6-5-14-11(8-20)7-18-15(17)19-14/h2-4,7H,5-6,8-9H2,1H3,(H2,17,18,19). The first kappa shape index (κ1) is 13.3. The fourth-order valence-electron chi connectivity index (χ4n) is 2.62. The molecule has 0 atom stereocenters. The predicted octanol–water partition coefficient (Wildman–Crippen LogP) is 2.58. The molecular weight excluding hydrogens is 272 g/mol. The van der Waals surface area contributed by atoms with Crippen LogP contribution in [0.3, 0.4) is 0 Å². The maximum atomic E-state index is 6.30. The highest BCUT2D eigenvalue weighted by Gasteiger charge is 2.19. The van der Waals surface area contributed by atoms with Gasteiger partial charge in [0.2, 0.25) is 5.95 Å². The lowest BCUT2D eigenvalue weighted by molar-refractivity contribution is 0.242. The smallest absolute Gasteiger partial charge is 0.220 e. The summed E-state index contributed by atoms with van der Waals surface area (Å²) in [5.74, 6) is 0.360. The third kappa shape index (κ3) is 2.62. The van der Waals surface area contributed by atoms with E-state index in [4.69, 9.17) is 17.3 Å². The van der Waals surface area contributed by atoms with Crippen molar-refractivity contribution in [1.82, 2.24) is 14.9 Å². The van der Waals surface area contributed by atoms with E-state index >= 15 is 0 Å². The molecule has 1 aromatic carbocycles. The molecule has 0 amide bonds. The Bertz CT molecular complexity index is 622. The highest BCUT2D eigenvalue weighted by Crippen LogP contribution is 2.24. The molecule has 0 spiro atoms. The van der Waals surface area contributed by atoms with E-state index in [0.29, 0.717) is 5.95 Å². The molecule has 0 fully saturated rings. The van der Waals surface area contributed by atoms with Gasteiger partial charge in [-0.15, -0.1) is 0 Å². The largest absolute Gasteiger partial charge is 0.368 e. The molecule has 0 saturated carbocycles. The molecule has 0 radical (unpaired) electrons. The van der Waals surface area contributed by atoms with E-state index < -0.39 is 0 Å². The number of halogens is 1. The van der Waals surface area contributed by atoms with Crippen LogP contribution in [0.2, 0.25) is 5.02 Å². The zero-order chi connectivity index (χ0) is 14.1. The second-order valence-corrected chi connectivity index (χ2v) is 5.60. The van der Waals surface area contributed by atoms with Crippen LogP contribution in [-0.4, -0.2) is 21.4 Å². The van der Waals surface area contributed by atoms with Gasteiger partial charge < -0.3 is 5.73 Å². The molecule has 0 aliphatic carbocycles. The van der Waals surface area contributed by atoms with Crippen molar-refractivity contribution >= 4 is 17.5 Å². The number of fused-ring (bicyclic) bond motifs is 1. The van der Waals surface area contributed by atoms with E-state index in [-0.39, 0.29) is 0 Å². The van der Waals surface area contributed by atoms with Crippen LogP contribution in [0.15, 0.2) is 24.4 Å². The van der Waals surface area contributed by atoms with Gasteiger partial charge in [-0.25, -0.2) is 9.97 Å². The van der Waals surface area contributed by atoms with Gasteiger partial charge in [-0.3, -0.25) is 4.90 Å². The number of nitrogen functional groups attached to an aromatic ring is 1. The van der Waals surface area contributed by atoms with Crippen LogP contribution in [-0.2, 0) is 19.5 Å². The topological polar surface area (TPSA) is 55.0 Å². The average molecular weight is 289 g/mol. The second-order valence-electron chi connectivity index (χ2n) is 5.20. The first-order valence-electron chi connectivity index (χ1n) is 6.70. The van der Waals surface area contributed by atoms with Gasteiger partial charge in [0.25, 0.3) is 0 Å². The first-order valence-corrected chi connectivity index (χ1v) is 7.08. The van der Waals surface area contributed by atoms with Crippen LogP contribution >= 0.6 is 11.6 Å². The Hall–Kier alpha value is -1.65. The number of anilines is 1. The van der Waals surface area contributed by atoms with Gasteiger partial charge in [0.1, 0.15) is 0 Å². The fourth-order valence-corrected chi connectivity index (χ4v) is 2.90. The number of aryl methyl sites for hydroxylation is 1. The summed E-state index contributed by atoms with van der Waals surface area (Å²) < 4.78 is 0. The number of nitrogens with two attached hydrogens (primary N) is 1. The van der Waals surface area contributed by atoms with E-state index in [9.17, 15) is 0 Å². The molecule has 104 valence electrons. The molecule has 5 heteroatoms. The Balaban J connectivity index is 1.79. The van der Waals surface area contributed by atoms with E-state index in [0.717, 1.165) is 42.3 Å². The number of hydrogen-bond acceptors (Lipinski definition) is 4. The van der Waals surface area contributed by atoms with Crippen molar-refractivity contribution in [3.63, 3.8) is 0 Å². The maximum absolute atomic E-state index is 6.30. The fraction of sp³-hybridized carbons (Fsp3) is 0.333. The van der Waals surface area contributed by atoms with Gasteiger partial charge >= 0.3 is 0 Å². The predicted molar refractivity (Wildman–Crippen MR) is 80.5 cm³/mol. The molecular formula is C15H17ClN4. The Morgan fingerprint density at radius 3 is 3.05 bits per heavy atom. The molecule has 2 N–H and O–H groups in total. The van der Waals surface area contributed by atoms with Crippen LogP contribution < -0.4 is 5.73 Å². The van der Waals surface area contributed by atoms with E-state index in [2.05, 4.69) is 27.9 Å². The molecule has 0 bridgehead atoms. The molecule has 2 heterocycles. The van der Waals surface area contributed by atoms with Crippen LogP contribution in [0.25, 0.3) is 0 Å². The summed E-state index contributed by atoms with van der Waals surface area (Å²) in [6, 6.07) is 6.04. The number of rotatable bonds is 2. The van der Waals surface area contributed by atoms with Crippen LogP contribution in [0.5, 0.6) is 0 Å². The molecule has 0 unspecified atom stereocenters. The van der Waals surface area contributed by atoms with E-state index in [1.807, 2.05) is 18.3 Å². The highest BCUT2D eigenvalue weighted by molar-refractivity contribution is 6.31. The quantitative estimate of drug-likeness (QED) is 0.923. The van der Waals surface area contributed by atoms with Crippen molar-refractivity contribution in [2.45, 2.75) is 26.4 Å². The lowest BCUT2D eigenvalue weighted by Gasteiger charge is -2.28. The van der Waals surface area contributed by atoms with E-state index in [1.165, 1.54) is 11.1 Å². The van der Waals surface area contributed by atoms with Gasteiger partial charge in [-0.1, -0.05) is 23.7 Å². The zero-order valence-electron chi connectivity index (χ0n) is 11.4. The minimum absolute atomic E-state index is 0.360. The third-order valence-electron chi connectivity index (χ3n) is 3.77. The molecule has 1 aliphatic rings. The first-order chi connectivity index (χ1) is 9.63. The summed E-state index contributed by atoms with van der Waals surface area (Å²) in [7, 11) is 0. The normalized spacial score (nSPS) is 15.1. The minimum Gasteiger partial charge on any atom is -0.368 e. The zero-order valence-corrected chi connectivity index (χ0v) is 12.2. The number of nitrogens with zero attached hydrogens (tertiary/aromatic N) is 3. The number of benzene rings is 1. The van der Waals surface area contributed by atoms with Gasteiger partial charge in [-0.2, -0.15) is 0 Å². The summed E-state index contributed by atoms with van der Waals surface area (Å²) in [5, 5.41) is 0.837. The van der Waals surface area contributed by atoms with Gasteiger partial charge in [0.05, 0.1) is 5.69 Å². The van der Waals surface area contributed by atoms with Crippen molar-refractivity contribution in [3.8, 4) is 0 Å². The van der Waals surface area contributed by atoms with Crippen molar-refractivity contribution in [2.24, 2.45) is 0 Å². The van der Waals surface area contributed by atoms with Crippen molar-refractivity contribution in [3.05, 3.63) is 51.8 Å². The molecule has 2 aromatic rings. The molecule has 0 saturated heterocycles. The molecule has 3 rings (SSSR count). The second kappa shape index (κ2) is 5.38. The molecule has 1 aliphatic heterocycles. The van der Waals surface area contributed by atoms with Crippen LogP contribution in [0.4, 0.5) is 5.95 Å². The summed E-state index contributed by atoms with van der Waals surface area (Å²) >= 11 is 6.30. The Morgan fingerprint density at radius 1 is 1.40 bits per heavy atom. The van der Waals surface area contributed by atoms with Gasteiger partial charge in [0.15, 0.2) is 0 Å². The minimum atomic E-state index is 0.360. The highest BCUT2D eigenvalue weighted by atomic mass is 35.5. The Morgan fingerprint density at radius 2 is 2.25 bits per heavy atom. The average Bonchev–Trinajstić information content (AvgIpc) is 2.43. The van der Waals surface area contributed by atoms with Crippen molar-refractivity contribution in [2.75, 3.05) is 12.3 Å². The lowest BCUT2D eigenvalue weighted by Crippen LogP contribution is -2.31. The molecule has 20 heavy (non-hydrogen) atoms. The molecule has 4 nitrogen and oxygen atoms in total. The monoisotopic (exact) mass is 288 g/mol. The van der Waals surface area contributed by atoms with Crippen molar-refractivity contribution < 1.29 is 0 Å². The maximum Gasteiger partial charge on any atom is 0.220 e. The van der Waals surface area contributed by atoms with Gasteiger partial charge in [-0.05, 0) is 24.1 Å². The molecule has 1 aromatic heterocycles. The summed E-state index contributed by atoms with van der Waals surface area (Å²) in [6.45, 7) is 4.77.